The van der Waals surface area contributed by atoms with Crippen LogP contribution in [-0.2, 0) is 6.42 Å². The maximum Gasteiger partial charge on any atom is 0.130 e. The molecule has 0 aliphatic heterocycles. The second kappa shape index (κ2) is 6.55. The number of halogens is 3. The van der Waals surface area contributed by atoms with Crippen LogP contribution in [0.5, 0.6) is 0 Å². The predicted molar refractivity (Wildman–Crippen MR) is 81.4 cm³/mol. The molecule has 0 radical (unpaired) electrons. The highest BCUT2D eigenvalue weighted by atomic mass is 35.5. The zero-order valence-electron chi connectivity index (χ0n) is 11.0. The fourth-order valence-electron chi connectivity index (χ4n) is 2.13. The van der Waals surface area contributed by atoms with Crippen molar-refractivity contribution in [1.82, 2.24) is 5.43 Å². The van der Waals surface area contributed by atoms with Gasteiger partial charge in [-0.15, -0.1) is 0 Å². The average Bonchev–Trinajstić information content (AvgIpc) is 2.42. The molecule has 0 heterocycles. The smallest absolute Gasteiger partial charge is 0.130 e. The molecule has 20 heavy (non-hydrogen) atoms. The lowest BCUT2D eigenvalue weighted by Gasteiger charge is -2.19. The Labute approximate surface area is 127 Å². The third-order valence-corrected chi connectivity index (χ3v) is 3.98. The zero-order chi connectivity index (χ0) is 14.7. The van der Waals surface area contributed by atoms with Gasteiger partial charge in [0.1, 0.15) is 5.82 Å². The number of nitrogens with one attached hydrogen (secondary N) is 1. The molecule has 1 unspecified atom stereocenters. The molecule has 0 amide bonds. The Kier molecular flexibility index (Phi) is 5.00. The lowest BCUT2D eigenvalue weighted by molar-refractivity contribution is 0.507. The van der Waals surface area contributed by atoms with Crippen LogP contribution in [0.4, 0.5) is 4.39 Å². The normalized spacial score (nSPS) is 12.4. The van der Waals surface area contributed by atoms with Crippen LogP contribution in [0.3, 0.4) is 0 Å². The standard InChI is InChI=1S/C15H15Cl2FN2/c1-9-4-2-5-10(15(9)18)14(20-19)8-11-12(16)6-3-7-13(11)17/h2-7,14,20H,8,19H2,1H3. The molecule has 5 heteroatoms. The second-order valence-electron chi connectivity index (χ2n) is 4.60. The highest BCUT2D eigenvalue weighted by Gasteiger charge is 2.18. The number of benzene rings is 2. The van der Waals surface area contributed by atoms with Crippen molar-refractivity contribution in [1.29, 1.82) is 0 Å². The van der Waals surface area contributed by atoms with Crippen molar-refractivity contribution in [3.8, 4) is 0 Å². The summed E-state index contributed by atoms with van der Waals surface area (Å²) in [5.74, 6) is 5.30. The van der Waals surface area contributed by atoms with Gasteiger partial charge >= 0.3 is 0 Å². The molecule has 0 aliphatic carbocycles. The topological polar surface area (TPSA) is 38.0 Å². The van der Waals surface area contributed by atoms with E-state index in [0.29, 0.717) is 27.6 Å². The number of aryl methyl sites for hydroxylation is 1. The van der Waals surface area contributed by atoms with Gasteiger partial charge in [-0.05, 0) is 36.6 Å². The lowest BCUT2D eigenvalue weighted by atomic mass is 9.97. The zero-order valence-corrected chi connectivity index (χ0v) is 12.5. The van der Waals surface area contributed by atoms with E-state index in [1.54, 1.807) is 43.3 Å². The summed E-state index contributed by atoms with van der Waals surface area (Å²) in [4.78, 5) is 0. The fraction of sp³-hybridized carbons (Fsp3) is 0.200. The Hall–Kier alpha value is -1.13. The molecule has 2 nitrogen and oxygen atoms in total. The Morgan fingerprint density at radius 3 is 2.35 bits per heavy atom. The van der Waals surface area contributed by atoms with E-state index in [0.717, 1.165) is 5.56 Å². The molecule has 2 rings (SSSR count). The second-order valence-corrected chi connectivity index (χ2v) is 5.42. The third kappa shape index (κ3) is 3.13. The maximum atomic E-state index is 14.2. The highest BCUT2D eigenvalue weighted by molar-refractivity contribution is 6.36. The first-order valence-corrected chi connectivity index (χ1v) is 6.94. The van der Waals surface area contributed by atoms with Crippen LogP contribution in [0.1, 0.15) is 22.7 Å². The van der Waals surface area contributed by atoms with E-state index in [-0.39, 0.29) is 5.82 Å². The monoisotopic (exact) mass is 312 g/mol. The van der Waals surface area contributed by atoms with Crippen LogP contribution in [0.25, 0.3) is 0 Å². The number of hydrazine groups is 1. The van der Waals surface area contributed by atoms with Crippen LogP contribution in [-0.4, -0.2) is 0 Å². The van der Waals surface area contributed by atoms with Gasteiger partial charge in [-0.1, -0.05) is 47.5 Å². The average molecular weight is 313 g/mol. The van der Waals surface area contributed by atoms with Gasteiger partial charge in [0.15, 0.2) is 0 Å². The van der Waals surface area contributed by atoms with E-state index in [1.165, 1.54) is 0 Å². The van der Waals surface area contributed by atoms with Gasteiger partial charge < -0.3 is 0 Å². The summed E-state index contributed by atoms with van der Waals surface area (Å²) in [6.07, 6.45) is 0.412. The summed E-state index contributed by atoms with van der Waals surface area (Å²) in [6, 6.07) is 10.1. The minimum Gasteiger partial charge on any atom is -0.271 e. The van der Waals surface area contributed by atoms with Gasteiger partial charge in [-0.2, -0.15) is 0 Å². The fourth-order valence-corrected chi connectivity index (χ4v) is 2.68. The van der Waals surface area contributed by atoms with Gasteiger partial charge in [-0.3, -0.25) is 11.3 Å². The van der Waals surface area contributed by atoms with Crippen LogP contribution in [0.2, 0.25) is 10.0 Å². The molecule has 0 aromatic heterocycles. The molecule has 0 fully saturated rings. The summed E-state index contributed by atoms with van der Waals surface area (Å²) < 4.78 is 14.2. The van der Waals surface area contributed by atoms with Gasteiger partial charge in [0.2, 0.25) is 0 Å². The lowest BCUT2D eigenvalue weighted by Crippen LogP contribution is -2.30. The van der Waals surface area contributed by atoms with Crippen LogP contribution in [0.15, 0.2) is 36.4 Å². The number of nitrogens with two attached hydrogens (primary N) is 1. The summed E-state index contributed by atoms with van der Waals surface area (Å²) in [5.41, 5.74) is 4.46. The van der Waals surface area contributed by atoms with Crippen molar-refractivity contribution in [2.45, 2.75) is 19.4 Å². The molecular weight excluding hydrogens is 298 g/mol. The van der Waals surface area contributed by atoms with Crippen molar-refractivity contribution in [3.63, 3.8) is 0 Å². The van der Waals surface area contributed by atoms with Gasteiger partial charge in [0.25, 0.3) is 0 Å². The predicted octanol–water partition coefficient (Wildman–Crippen LogP) is 4.19. The molecule has 0 spiro atoms. The van der Waals surface area contributed by atoms with Crippen molar-refractivity contribution in [3.05, 3.63) is 69.0 Å². The Morgan fingerprint density at radius 1 is 1.15 bits per heavy atom. The van der Waals surface area contributed by atoms with E-state index < -0.39 is 6.04 Å². The Morgan fingerprint density at radius 2 is 1.75 bits per heavy atom. The van der Waals surface area contributed by atoms with Gasteiger partial charge in [0.05, 0.1) is 6.04 Å². The minimum atomic E-state index is -0.396. The van der Waals surface area contributed by atoms with Crippen LogP contribution in [0, 0.1) is 12.7 Å². The van der Waals surface area contributed by atoms with Gasteiger partial charge in [0, 0.05) is 15.6 Å². The molecule has 1 atom stereocenters. The number of hydrogen-bond acceptors (Lipinski definition) is 2. The highest BCUT2D eigenvalue weighted by Crippen LogP contribution is 2.30. The Balaban J connectivity index is 2.37. The van der Waals surface area contributed by atoms with E-state index in [9.17, 15) is 4.39 Å². The maximum absolute atomic E-state index is 14.2. The molecule has 0 aliphatic rings. The van der Waals surface area contributed by atoms with E-state index in [4.69, 9.17) is 29.0 Å². The van der Waals surface area contributed by atoms with Crippen molar-refractivity contribution in [2.75, 3.05) is 0 Å². The third-order valence-electron chi connectivity index (χ3n) is 3.27. The van der Waals surface area contributed by atoms with Crippen molar-refractivity contribution < 1.29 is 4.39 Å². The summed E-state index contributed by atoms with van der Waals surface area (Å²) in [6.45, 7) is 1.72. The molecule has 2 aromatic rings. The van der Waals surface area contributed by atoms with Crippen molar-refractivity contribution >= 4 is 23.2 Å². The van der Waals surface area contributed by atoms with E-state index in [1.807, 2.05) is 0 Å². The molecule has 3 N–H and O–H groups in total. The summed E-state index contributed by atoms with van der Waals surface area (Å²) >= 11 is 12.3. The molecule has 0 bridgehead atoms. The first-order valence-electron chi connectivity index (χ1n) is 6.18. The number of rotatable bonds is 4. The van der Waals surface area contributed by atoms with Crippen LogP contribution >= 0.6 is 23.2 Å². The largest absolute Gasteiger partial charge is 0.271 e. The molecule has 0 saturated carbocycles. The number of hydrogen-bond donors (Lipinski definition) is 2. The first kappa shape index (κ1) is 15.3. The van der Waals surface area contributed by atoms with E-state index >= 15 is 0 Å². The summed E-state index contributed by atoms with van der Waals surface area (Å²) in [5, 5.41) is 1.09. The van der Waals surface area contributed by atoms with Gasteiger partial charge in [-0.25, -0.2) is 4.39 Å². The first-order chi connectivity index (χ1) is 9.54. The minimum absolute atomic E-state index is 0.265. The molecular formula is C15H15Cl2FN2. The molecule has 106 valence electrons. The quantitative estimate of drug-likeness (QED) is 0.656. The van der Waals surface area contributed by atoms with E-state index in [2.05, 4.69) is 5.43 Å². The molecule has 2 aromatic carbocycles. The van der Waals surface area contributed by atoms with Crippen LogP contribution < -0.4 is 11.3 Å². The molecule has 0 saturated heterocycles. The summed E-state index contributed by atoms with van der Waals surface area (Å²) in [7, 11) is 0. The van der Waals surface area contributed by atoms with Crippen molar-refractivity contribution in [2.24, 2.45) is 5.84 Å². The SMILES string of the molecule is Cc1cccc(C(Cc2c(Cl)cccc2Cl)NN)c1F. The Bertz CT molecular complexity index is 597.